The molecule has 6 aromatic carbocycles. The highest BCUT2D eigenvalue weighted by atomic mass is 32.2. The Morgan fingerprint density at radius 1 is 0.295 bits per heavy atom. The van der Waals surface area contributed by atoms with E-state index in [1.54, 1.807) is 0 Å². The molecule has 0 radical (unpaired) electrons. The van der Waals surface area contributed by atoms with Crippen LogP contribution in [0.1, 0.15) is 186 Å². The van der Waals surface area contributed by atoms with Crippen LogP contribution >= 0.6 is 0 Å². The second-order valence-electron chi connectivity index (χ2n) is 30.2. The van der Waals surface area contributed by atoms with Gasteiger partial charge >= 0.3 is 23.9 Å². The van der Waals surface area contributed by atoms with Gasteiger partial charge in [-0.2, -0.15) is 16.8 Å². The monoisotopic (exact) mass is 1530 g/mol. The van der Waals surface area contributed by atoms with Crippen LogP contribution in [-0.4, -0.2) is 98.4 Å². The van der Waals surface area contributed by atoms with Crippen molar-refractivity contribution < 1.29 is 72.5 Å². The van der Waals surface area contributed by atoms with E-state index in [4.69, 9.17) is 18.9 Å². The largest absolute Gasteiger partial charge is 0.462 e. The van der Waals surface area contributed by atoms with Gasteiger partial charge in [-0.1, -0.05) is 136 Å². The number of sulfone groups is 1. The van der Waals surface area contributed by atoms with Gasteiger partial charge in [0.15, 0.2) is 39.2 Å². The Balaban J connectivity index is 0.000000133. The zero-order valence-corrected chi connectivity index (χ0v) is 64.1. The quantitative estimate of drug-likeness (QED) is 0.0351. The number of rotatable bonds is 18. The van der Waals surface area contributed by atoms with E-state index in [9.17, 15) is 53.5 Å². The molecule has 0 aromatic heterocycles. The van der Waals surface area contributed by atoms with E-state index >= 15 is 0 Å². The number of benzene rings is 6. The highest BCUT2D eigenvalue weighted by Gasteiger charge is 2.64. The number of fused-ring (bicyclic) bond motifs is 4. The van der Waals surface area contributed by atoms with E-state index in [2.05, 4.69) is 140 Å². The van der Waals surface area contributed by atoms with Crippen molar-refractivity contribution in [3.05, 3.63) is 176 Å². The van der Waals surface area contributed by atoms with Crippen LogP contribution in [0, 0.1) is 47.3 Å². The number of ether oxygens (including phenoxy) is 4. The summed E-state index contributed by atoms with van der Waals surface area (Å²) in [5.41, 5.74) is 0. The normalized spacial score (nSPS) is 26.0. The standard InChI is InChI=1S/C24H25O2S2.2C21H32O7S.C18H15S/c25-28(26,23-14-8-3-9-15-23)24-18-16-22(17-19-24)27(20-10-4-1-5-11-20)21-12-6-2-7-13-21;2*22-20(27-14-7-3-1-4-8-14)18-13-11-16(17(12-13)29(24,25)26)19(18)21(23)28-15-9-5-2-6-10-15;1-4-10-16(11-5-1)19(17-12-6-2-7-13-17)18-14-8-3-9-15-18/h1-2,4-7,10-13,16-19,23H,3,8-9,14-15H2;2*13-19H,1-12H2,(H,24,25,26);1-15H/q+1;;;+1. The molecule has 0 amide bonds. The molecule has 6 aromatic rings. The summed E-state index contributed by atoms with van der Waals surface area (Å²) in [5, 5.41) is -2.20. The van der Waals surface area contributed by atoms with Gasteiger partial charge < -0.3 is 18.9 Å². The first-order chi connectivity index (χ1) is 50.8. The zero-order chi connectivity index (χ0) is 73.5. The molecule has 9 aliphatic carbocycles. The molecule has 10 atom stereocenters. The van der Waals surface area contributed by atoms with Crippen LogP contribution in [0.2, 0.25) is 0 Å². The fourth-order valence-electron chi connectivity index (χ4n) is 18.2. The van der Waals surface area contributed by atoms with E-state index in [1.807, 2.05) is 36.4 Å². The van der Waals surface area contributed by atoms with Crippen LogP contribution in [0.5, 0.6) is 0 Å². The lowest BCUT2D eigenvalue weighted by atomic mass is 9.78. The van der Waals surface area contributed by atoms with Crippen molar-refractivity contribution in [2.75, 3.05) is 0 Å². The third kappa shape index (κ3) is 20.0. The van der Waals surface area contributed by atoms with Crippen molar-refractivity contribution in [1.29, 1.82) is 0 Å². The van der Waals surface area contributed by atoms with Crippen LogP contribution in [0.25, 0.3) is 0 Å². The molecule has 9 saturated carbocycles. The molecule has 2 N–H and O–H groups in total. The number of hydrogen-bond acceptors (Lipinski definition) is 14. The molecule has 21 heteroatoms. The van der Waals surface area contributed by atoms with Gasteiger partial charge in [0.1, 0.15) is 24.4 Å². The van der Waals surface area contributed by atoms with Crippen molar-refractivity contribution in [3.8, 4) is 0 Å². The molecule has 0 saturated heterocycles. The summed E-state index contributed by atoms with van der Waals surface area (Å²) in [6, 6.07) is 60.6. The smallest absolute Gasteiger partial charge is 0.310 e. The van der Waals surface area contributed by atoms with E-state index in [0.29, 0.717) is 17.7 Å². The van der Waals surface area contributed by atoms with Gasteiger partial charge in [-0.25, -0.2) is 8.42 Å². The SMILES string of the molecule is O=C(OC1CCCCC1)C1C2CC(C1C(=O)OC1CCCCC1)C(S(=O)(=O)O)C2.O=C(OC1CCCCC1)C1C2CC(C1C(=O)OC1CCCCC1)C(S(=O)(=O)O)C2.O=S(=O)(c1ccc([S+](c2ccccc2)c2ccccc2)cc1)C1CCCCC1.c1ccc([S+](c2ccccc2)c2ccccc2)cc1. The second kappa shape index (κ2) is 36.7. The van der Waals surface area contributed by atoms with Gasteiger partial charge in [0.2, 0.25) is 0 Å². The maximum Gasteiger partial charge on any atom is 0.310 e. The summed E-state index contributed by atoms with van der Waals surface area (Å²) in [5.74, 6) is -6.38. The van der Waals surface area contributed by atoms with Crippen molar-refractivity contribution in [2.24, 2.45) is 47.3 Å². The third-order valence-electron chi connectivity index (χ3n) is 23.4. The van der Waals surface area contributed by atoms with Gasteiger partial charge in [-0.3, -0.25) is 28.3 Å². The zero-order valence-electron chi connectivity index (χ0n) is 60.1. The lowest BCUT2D eigenvalue weighted by Crippen LogP contribution is -2.45. The lowest BCUT2D eigenvalue weighted by molar-refractivity contribution is -0.170. The molecule has 564 valence electrons. The highest BCUT2D eigenvalue weighted by Crippen LogP contribution is 2.57. The fraction of sp³-hybridized carbons (Fsp3) is 0.524. The first kappa shape index (κ1) is 78.3. The Kier molecular flexibility index (Phi) is 27.4. The molecule has 9 fully saturated rings. The minimum Gasteiger partial charge on any atom is -0.462 e. The van der Waals surface area contributed by atoms with Crippen LogP contribution in [0.3, 0.4) is 0 Å². The maximum absolute atomic E-state index is 13.1. The van der Waals surface area contributed by atoms with Gasteiger partial charge in [-0.15, -0.1) is 0 Å². The fourth-order valence-corrected chi connectivity index (χ4v) is 26.7. The van der Waals surface area contributed by atoms with Crippen LogP contribution in [0.15, 0.2) is 210 Å². The number of hydrogen-bond donors (Lipinski definition) is 2. The van der Waals surface area contributed by atoms with E-state index in [0.717, 1.165) is 165 Å². The van der Waals surface area contributed by atoms with E-state index in [-0.39, 0.29) is 88.1 Å². The molecule has 105 heavy (non-hydrogen) atoms. The summed E-state index contributed by atoms with van der Waals surface area (Å²) in [6.45, 7) is 0. The number of carbonyl (C=O) groups excluding carboxylic acids is 4. The second-order valence-corrected chi connectivity index (χ2v) is 39.8. The molecule has 16 nitrogen and oxygen atoms in total. The van der Waals surface area contributed by atoms with Gasteiger partial charge in [0, 0.05) is 0 Å². The molecular weight excluding hydrogens is 1430 g/mol. The summed E-state index contributed by atoms with van der Waals surface area (Å²) >= 11 is 0. The molecule has 4 bridgehead atoms. The minimum absolute atomic E-state index is 0.0146. The van der Waals surface area contributed by atoms with E-state index in [1.165, 1.54) is 24.5 Å². The number of esters is 4. The Morgan fingerprint density at radius 2 is 0.533 bits per heavy atom. The number of carbonyl (C=O) groups is 4. The third-order valence-corrected chi connectivity index (χ3v) is 32.7. The van der Waals surface area contributed by atoms with Gasteiger partial charge in [0.05, 0.1) is 66.1 Å². The Morgan fingerprint density at radius 3 is 0.790 bits per heavy atom. The topological polar surface area (TPSA) is 248 Å². The molecule has 0 aliphatic heterocycles. The van der Waals surface area contributed by atoms with Crippen molar-refractivity contribution >= 4 is 75.7 Å². The Hall–Kier alpha value is -6.33. The predicted octanol–water partition coefficient (Wildman–Crippen LogP) is 17.2. The highest BCUT2D eigenvalue weighted by molar-refractivity contribution is 7.97. The average molecular weight is 1530 g/mol. The summed E-state index contributed by atoms with van der Waals surface area (Å²) in [6.07, 6.45) is 24.9. The maximum atomic E-state index is 13.1. The van der Waals surface area contributed by atoms with Crippen molar-refractivity contribution in [3.63, 3.8) is 0 Å². The van der Waals surface area contributed by atoms with Crippen molar-refractivity contribution in [1.82, 2.24) is 0 Å². The minimum atomic E-state index is -4.27. The Bertz CT molecular complexity index is 3870. The molecular formula is C84H104O16S5+2. The summed E-state index contributed by atoms with van der Waals surface area (Å²) < 4.78 is 116. The lowest BCUT2D eigenvalue weighted by Gasteiger charge is -2.34. The van der Waals surface area contributed by atoms with Crippen LogP contribution in [-0.2, 0) is 90.0 Å². The molecule has 10 unspecified atom stereocenters. The van der Waals surface area contributed by atoms with Gasteiger partial charge in [0.25, 0.3) is 20.2 Å². The Labute approximate surface area is 627 Å². The first-order valence-corrected chi connectivity index (χ1v) is 45.6. The molecule has 0 spiro atoms. The molecule has 9 aliphatic rings. The van der Waals surface area contributed by atoms with Gasteiger partial charge in [-0.05, 0) is 250 Å². The first-order valence-electron chi connectivity index (χ1n) is 38.6. The summed E-state index contributed by atoms with van der Waals surface area (Å²) in [7, 11) is -12.0. The van der Waals surface area contributed by atoms with Crippen LogP contribution < -0.4 is 0 Å². The molecule has 15 rings (SSSR count). The summed E-state index contributed by atoms with van der Waals surface area (Å²) in [4.78, 5) is 60.4. The molecule has 0 heterocycles. The van der Waals surface area contributed by atoms with E-state index < -0.39 is 88.0 Å². The van der Waals surface area contributed by atoms with Crippen LogP contribution in [0.4, 0.5) is 0 Å². The average Bonchev–Trinajstić information content (AvgIpc) is 1.58. The predicted molar refractivity (Wildman–Crippen MR) is 406 cm³/mol. The van der Waals surface area contributed by atoms with Crippen molar-refractivity contribution in [2.45, 2.75) is 261 Å².